The largest absolute Gasteiger partial charge is 0.463 e. The number of hydrogen-bond donors (Lipinski definition) is 2. The fourth-order valence-corrected chi connectivity index (χ4v) is 1.44. The predicted molar refractivity (Wildman–Crippen MR) is 66.2 cm³/mol. The van der Waals surface area contributed by atoms with Crippen molar-refractivity contribution in [1.82, 2.24) is 20.6 Å². The van der Waals surface area contributed by atoms with E-state index in [2.05, 4.69) is 22.5 Å². The molecule has 112 valence electrons. The van der Waals surface area contributed by atoms with E-state index in [1.54, 1.807) is 12.1 Å². The number of carbonyl (C=O) groups excluding carboxylic acids is 1. The zero-order chi connectivity index (χ0) is 15.5. The molecule has 2 aromatic heterocycles. The zero-order valence-electron chi connectivity index (χ0n) is 10.6. The summed E-state index contributed by atoms with van der Waals surface area (Å²) >= 11 is 0. The minimum Gasteiger partial charge on any atom is -0.463 e. The van der Waals surface area contributed by atoms with Crippen LogP contribution in [0.4, 0.5) is 13.2 Å². The van der Waals surface area contributed by atoms with Crippen LogP contribution in [0.1, 0.15) is 11.5 Å². The maximum Gasteiger partial charge on any atom is 0.435 e. The highest BCUT2D eigenvalue weighted by atomic mass is 19.4. The molecule has 0 aliphatic heterocycles. The first-order valence-electron chi connectivity index (χ1n) is 5.74. The Morgan fingerprint density at radius 3 is 2.71 bits per heavy atom. The summed E-state index contributed by atoms with van der Waals surface area (Å²) in [6.45, 7) is 3.26. The predicted octanol–water partition coefficient (Wildman–Crippen LogP) is 1.79. The van der Waals surface area contributed by atoms with Crippen molar-refractivity contribution in [3.63, 3.8) is 0 Å². The molecule has 2 heterocycles. The maximum atomic E-state index is 12.3. The monoisotopic (exact) mass is 300 g/mol. The Hall–Kier alpha value is -2.71. The first kappa shape index (κ1) is 14.7. The topological polar surface area (TPSA) is 72.1 Å². The second-order valence-corrected chi connectivity index (χ2v) is 4.03. The maximum absolute atomic E-state index is 12.3. The summed E-state index contributed by atoms with van der Waals surface area (Å²) in [5.41, 5.74) is 4.03. The highest BCUT2D eigenvalue weighted by Crippen LogP contribution is 2.27. The fourth-order valence-electron chi connectivity index (χ4n) is 1.44. The van der Waals surface area contributed by atoms with Crippen molar-refractivity contribution in [1.29, 1.82) is 0 Å². The molecule has 0 atom stereocenters. The fraction of sp³-hybridized carbons (Fsp3) is 0.167. The van der Waals surface area contributed by atoms with E-state index in [0.29, 0.717) is 11.5 Å². The molecule has 0 aliphatic carbocycles. The number of rotatable bonds is 5. The van der Waals surface area contributed by atoms with E-state index >= 15 is 0 Å². The van der Waals surface area contributed by atoms with Crippen LogP contribution in [0.25, 0.3) is 5.70 Å². The summed E-state index contributed by atoms with van der Waals surface area (Å²) in [5, 5.41) is 3.26. The van der Waals surface area contributed by atoms with E-state index < -0.39 is 17.8 Å². The average molecular weight is 300 g/mol. The Labute approximate surface area is 117 Å². The van der Waals surface area contributed by atoms with Gasteiger partial charge >= 0.3 is 6.18 Å². The second-order valence-electron chi connectivity index (χ2n) is 4.03. The normalized spacial score (nSPS) is 11.2. The number of nitrogens with zero attached hydrogens (tertiary/aromatic N) is 2. The third kappa shape index (κ3) is 3.88. The molecule has 0 saturated heterocycles. The molecule has 0 saturated carbocycles. The molecule has 0 spiro atoms. The molecule has 0 fully saturated rings. The molecular formula is C12H11F3N4O2. The Morgan fingerprint density at radius 1 is 1.38 bits per heavy atom. The lowest BCUT2D eigenvalue weighted by atomic mass is 10.4. The molecule has 1 amide bonds. The molecule has 2 N–H and O–H groups in total. The Bertz CT molecular complexity index is 631. The van der Waals surface area contributed by atoms with E-state index in [1.807, 2.05) is 0 Å². The molecule has 0 aromatic carbocycles. The van der Waals surface area contributed by atoms with Gasteiger partial charge in [0, 0.05) is 6.20 Å². The molecule has 6 nitrogen and oxygen atoms in total. The van der Waals surface area contributed by atoms with Crippen molar-refractivity contribution >= 4 is 11.6 Å². The van der Waals surface area contributed by atoms with Gasteiger partial charge in [-0.15, -0.1) is 0 Å². The summed E-state index contributed by atoms with van der Waals surface area (Å²) in [5.74, 6) is -0.159. The number of halogens is 3. The minimum absolute atomic E-state index is 0.310. The van der Waals surface area contributed by atoms with Gasteiger partial charge in [-0.1, -0.05) is 6.58 Å². The Balaban J connectivity index is 1.85. The van der Waals surface area contributed by atoms with Gasteiger partial charge in [-0.05, 0) is 18.2 Å². The van der Waals surface area contributed by atoms with Crippen molar-refractivity contribution < 1.29 is 22.4 Å². The number of furan rings is 1. The van der Waals surface area contributed by atoms with Crippen LogP contribution >= 0.6 is 0 Å². The van der Waals surface area contributed by atoms with Crippen molar-refractivity contribution in [2.24, 2.45) is 0 Å². The van der Waals surface area contributed by atoms with Crippen LogP contribution in [0, 0.1) is 0 Å². The van der Waals surface area contributed by atoms with Crippen LogP contribution in [-0.2, 0) is 17.5 Å². The van der Waals surface area contributed by atoms with E-state index in [0.717, 1.165) is 16.9 Å². The number of nitrogens with one attached hydrogen (secondary N) is 2. The molecule has 2 rings (SSSR count). The number of carbonyl (C=O) groups is 1. The summed E-state index contributed by atoms with van der Waals surface area (Å²) in [4.78, 5) is 11.6. The third-order valence-electron chi connectivity index (χ3n) is 2.41. The molecular weight excluding hydrogens is 289 g/mol. The lowest BCUT2D eigenvalue weighted by Gasteiger charge is -2.09. The number of amides is 1. The van der Waals surface area contributed by atoms with Crippen LogP contribution in [-0.4, -0.2) is 15.7 Å². The van der Waals surface area contributed by atoms with Gasteiger partial charge < -0.3 is 4.42 Å². The van der Waals surface area contributed by atoms with Gasteiger partial charge in [0.05, 0.1) is 12.0 Å². The van der Waals surface area contributed by atoms with Crippen LogP contribution in [0.15, 0.2) is 41.7 Å². The van der Waals surface area contributed by atoms with Crippen LogP contribution in [0.3, 0.4) is 0 Å². The molecule has 0 unspecified atom stereocenters. The standard InChI is InChI=1S/C12H11F3N4O2/c1-8(9-3-2-6-21-9)16-17-11(20)7-19-5-4-10(18-19)12(13,14)15/h2-6,16H,1,7H2,(H,17,20). The molecule has 0 radical (unpaired) electrons. The van der Waals surface area contributed by atoms with Gasteiger partial charge in [-0.25, -0.2) is 0 Å². The van der Waals surface area contributed by atoms with Crippen molar-refractivity contribution in [2.75, 3.05) is 0 Å². The van der Waals surface area contributed by atoms with Gasteiger partial charge in [0.2, 0.25) is 0 Å². The molecule has 2 aromatic rings. The van der Waals surface area contributed by atoms with E-state index in [-0.39, 0.29) is 6.54 Å². The Morgan fingerprint density at radius 2 is 2.14 bits per heavy atom. The second kappa shape index (κ2) is 5.73. The van der Waals surface area contributed by atoms with Crippen LogP contribution in [0.5, 0.6) is 0 Å². The number of alkyl halides is 3. The van der Waals surface area contributed by atoms with Crippen LogP contribution < -0.4 is 10.9 Å². The molecule has 9 heteroatoms. The first-order valence-corrected chi connectivity index (χ1v) is 5.74. The van der Waals surface area contributed by atoms with Crippen LogP contribution in [0.2, 0.25) is 0 Å². The lowest BCUT2D eigenvalue weighted by Crippen LogP contribution is -2.38. The smallest absolute Gasteiger partial charge is 0.435 e. The summed E-state index contributed by atoms with van der Waals surface area (Å²) in [7, 11) is 0. The summed E-state index contributed by atoms with van der Waals surface area (Å²) < 4.78 is 42.9. The van der Waals surface area contributed by atoms with Gasteiger partial charge in [0.1, 0.15) is 6.54 Å². The molecule has 21 heavy (non-hydrogen) atoms. The molecule has 0 bridgehead atoms. The first-order chi connectivity index (χ1) is 9.86. The van der Waals surface area contributed by atoms with Crippen molar-refractivity contribution in [3.05, 3.63) is 48.7 Å². The van der Waals surface area contributed by atoms with Gasteiger partial charge in [-0.3, -0.25) is 20.3 Å². The summed E-state index contributed by atoms with van der Waals surface area (Å²) in [6.07, 6.45) is -2.02. The number of hydrazine groups is 1. The lowest BCUT2D eigenvalue weighted by molar-refractivity contribution is -0.141. The number of hydrogen-bond acceptors (Lipinski definition) is 4. The van der Waals surface area contributed by atoms with Gasteiger partial charge in [0.15, 0.2) is 11.5 Å². The zero-order valence-corrected chi connectivity index (χ0v) is 10.6. The Kier molecular flexibility index (Phi) is 4.01. The van der Waals surface area contributed by atoms with E-state index in [4.69, 9.17) is 4.42 Å². The van der Waals surface area contributed by atoms with Gasteiger partial charge in [-0.2, -0.15) is 18.3 Å². The minimum atomic E-state index is -4.53. The van der Waals surface area contributed by atoms with Crippen molar-refractivity contribution in [2.45, 2.75) is 12.7 Å². The highest BCUT2D eigenvalue weighted by Gasteiger charge is 2.33. The van der Waals surface area contributed by atoms with Crippen molar-refractivity contribution in [3.8, 4) is 0 Å². The summed E-state index contributed by atoms with van der Waals surface area (Å²) in [6, 6.07) is 4.07. The van der Waals surface area contributed by atoms with E-state index in [1.165, 1.54) is 6.26 Å². The third-order valence-corrected chi connectivity index (χ3v) is 2.41. The number of aromatic nitrogens is 2. The SMILES string of the molecule is C=C(NNC(=O)Cn1ccc(C(F)(F)F)n1)c1ccco1. The average Bonchev–Trinajstić information content (AvgIpc) is 3.05. The molecule has 0 aliphatic rings. The van der Waals surface area contributed by atoms with Gasteiger partial charge in [0.25, 0.3) is 5.91 Å². The van der Waals surface area contributed by atoms with E-state index in [9.17, 15) is 18.0 Å². The highest BCUT2D eigenvalue weighted by molar-refractivity contribution is 5.76. The quantitative estimate of drug-likeness (QED) is 0.826.